The smallest absolute Gasteiger partial charge is 0.0587 e. The van der Waals surface area contributed by atoms with Crippen molar-refractivity contribution >= 4 is 11.3 Å². The van der Waals surface area contributed by atoms with E-state index in [1.807, 2.05) is 29.5 Å². The third-order valence-electron chi connectivity index (χ3n) is 3.27. The van der Waals surface area contributed by atoms with Crippen molar-refractivity contribution in [3.05, 3.63) is 57.3 Å². The molecule has 2 N–H and O–H groups in total. The Kier molecular flexibility index (Phi) is 5.14. The maximum absolute atomic E-state index is 9.48. The standard InChI is InChI=1S/C16H21NOS/c1-12-8-15(13(2)19-12)10-17-16(11-18)9-14-6-4-3-5-7-14/h3-8,16-18H,9-11H2,1-2H3/t16-/m1/s1. The second-order valence-electron chi connectivity index (χ2n) is 4.89. The maximum Gasteiger partial charge on any atom is 0.0587 e. The largest absolute Gasteiger partial charge is 0.395 e. The monoisotopic (exact) mass is 275 g/mol. The molecule has 0 radical (unpaired) electrons. The number of hydrogen-bond acceptors (Lipinski definition) is 3. The second kappa shape index (κ2) is 6.85. The first-order chi connectivity index (χ1) is 9.19. The van der Waals surface area contributed by atoms with Crippen molar-refractivity contribution in [3.63, 3.8) is 0 Å². The summed E-state index contributed by atoms with van der Waals surface area (Å²) in [6.45, 7) is 5.28. The lowest BCUT2D eigenvalue weighted by molar-refractivity contribution is 0.241. The summed E-state index contributed by atoms with van der Waals surface area (Å²) < 4.78 is 0. The summed E-state index contributed by atoms with van der Waals surface area (Å²) >= 11 is 1.83. The van der Waals surface area contributed by atoms with Crippen LogP contribution < -0.4 is 5.32 Å². The lowest BCUT2D eigenvalue weighted by Gasteiger charge is -2.16. The number of rotatable bonds is 6. The summed E-state index contributed by atoms with van der Waals surface area (Å²) in [5.41, 5.74) is 2.60. The molecule has 2 nitrogen and oxygen atoms in total. The van der Waals surface area contributed by atoms with Crippen molar-refractivity contribution < 1.29 is 5.11 Å². The Hall–Kier alpha value is -1.16. The highest BCUT2D eigenvalue weighted by Gasteiger charge is 2.09. The molecule has 1 aromatic carbocycles. The molecule has 3 heteroatoms. The molecule has 2 aromatic rings. The minimum Gasteiger partial charge on any atom is -0.395 e. The highest BCUT2D eigenvalue weighted by molar-refractivity contribution is 7.12. The van der Waals surface area contributed by atoms with Crippen LogP contribution in [0.3, 0.4) is 0 Å². The Labute approximate surface area is 119 Å². The van der Waals surface area contributed by atoms with E-state index in [1.54, 1.807) is 0 Å². The van der Waals surface area contributed by atoms with Crippen LogP contribution in [0.15, 0.2) is 36.4 Å². The minimum atomic E-state index is 0.113. The molecular weight excluding hydrogens is 254 g/mol. The van der Waals surface area contributed by atoms with Gasteiger partial charge in [0.1, 0.15) is 0 Å². The molecule has 0 aliphatic carbocycles. The lowest BCUT2D eigenvalue weighted by Crippen LogP contribution is -2.34. The van der Waals surface area contributed by atoms with E-state index < -0.39 is 0 Å². The molecule has 19 heavy (non-hydrogen) atoms. The molecule has 0 amide bonds. The van der Waals surface area contributed by atoms with Gasteiger partial charge in [-0.05, 0) is 37.5 Å². The molecule has 0 saturated heterocycles. The molecule has 0 spiro atoms. The first kappa shape index (κ1) is 14.3. The van der Waals surface area contributed by atoms with Crippen molar-refractivity contribution in [2.24, 2.45) is 0 Å². The highest BCUT2D eigenvalue weighted by atomic mass is 32.1. The number of aliphatic hydroxyl groups excluding tert-OH is 1. The van der Waals surface area contributed by atoms with Gasteiger partial charge in [0.25, 0.3) is 0 Å². The molecule has 0 bridgehead atoms. The number of aliphatic hydroxyl groups is 1. The number of hydrogen-bond donors (Lipinski definition) is 2. The van der Waals surface area contributed by atoms with Gasteiger partial charge >= 0.3 is 0 Å². The molecule has 1 atom stereocenters. The summed E-state index contributed by atoms with van der Waals surface area (Å²) in [5.74, 6) is 0. The number of thiophene rings is 1. The fourth-order valence-electron chi connectivity index (χ4n) is 2.21. The van der Waals surface area contributed by atoms with Crippen molar-refractivity contribution in [3.8, 4) is 0 Å². The molecule has 0 aliphatic heterocycles. The van der Waals surface area contributed by atoms with E-state index in [-0.39, 0.29) is 12.6 Å². The molecule has 0 saturated carbocycles. The third kappa shape index (κ3) is 4.16. The fraction of sp³-hybridized carbons (Fsp3) is 0.375. The average Bonchev–Trinajstić information content (AvgIpc) is 2.74. The minimum absolute atomic E-state index is 0.113. The van der Waals surface area contributed by atoms with Gasteiger partial charge in [0, 0.05) is 22.3 Å². The molecule has 0 aliphatic rings. The van der Waals surface area contributed by atoms with Crippen molar-refractivity contribution in [1.29, 1.82) is 0 Å². The summed E-state index contributed by atoms with van der Waals surface area (Å²) in [6, 6.07) is 12.6. The lowest BCUT2D eigenvalue weighted by atomic mass is 10.1. The Bertz CT molecular complexity index is 507. The summed E-state index contributed by atoms with van der Waals surface area (Å²) in [4.78, 5) is 2.71. The van der Waals surface area contributed by atoms with Crippen molar-refractivity contribution in [1.82, 2.24) is 5.32 Å². The molecule has 2 rings (SSSR count). The van der Waals surface area contributed by atoms with Gasteiger partial charge in [-0.3, -0.25) is 0 Å². The van der Waals surface area contributed by atoms with Gasteiger partial charge in [0.15, 0.2) is 0 Å². The second-order valence-corrected chi connectivity index (χ2v) is 6.35. The van der Waals surface area contributed by atoms with Crippen LogP contribution in [0.2, 0.25) is 0 Å². The molecule has 0 unspecified atom stereocenters. The predicted molar refractivity (Wildman–Crippen MR) is 81.7 cm³/mol. The summed E-state index contributed by atoms with van der Waals surface area (Å²) in [6.07, 6.45) is 0.861. The van der Waals surface area contributed by atoms with Crippen molar-refractivity contribution in [2.75, 3.05) is 6.61 Å². The topological polar surface area (TPSA) is 32.3 Å². The van der Waals surface area contributed by atoms with Crippen molar-refractivity contribution in [2.45, 2.75) is 32.9 Å². The Morgan fingerprint density at radius 2 is 1.95 bits per heavy atom. The molecule has 0 fully saturated rings. The van der Waals surface area contributed by atoms with Crippen LogP contribution >= 0.6 is 11.3 Å². The van der Waals surface area contributed by atoms with E-state index in [0.717, 1.165) is 13.0 Å². The van der Waals surface area contributed by atoms with Gasteiger partial charge in [-0.15, -0.1) is 11.3 Å². The predicted octanol–water partition coefficient (Wildman–Crippen LogP) is 3.06. The van der Waals surface area contributed by atoms with E-state index in [4.69, 9.17) is 0 Å². The van der Waals surface area contributed by atoms with Gasteiger partial charge in [-0.1, -0.05) is 30.3 Å². The van der Waals surface area contributed by atoms with Gasteiger partial charge in [0.05, 0.1) is 6.61 Å². The van der Waals surface area contributed by atoms with Gasteiger partial charge in [0.2, 0.25) is 0 Å². The first-order valence-corrected chi connectivity index (χ1v) is 7.44. The van der Waals surface area contributed by atoms with Crippen LogP contribution in [0, 0.1) is 13.8 Å². The third-order valence-corrected chi connectivity index (χ3v) is 4.28. The Morgan fingerprint density at radius 3 is 2.53 bits per heavy atom. The maximum atomic E-state index is 9.48. The number of benzene rings is 1. The van der Waals surface area contributed by atoms with Gasteiger partial charge in [-0.2, -0.15) is 0 Å². The van der Waals surface area contributed by atoms with Crippen LogP contribution in [0.5, 0.6) is 0 Å². The van der Waals surface area contributed by atoms with Crippen LogP contribution in [0.25, 0.3) is 0 Å². The zero-order valence-electron chi connectivity index (χ0n) is 11.5. The van der Waals surface area contributed by atoms with E-state index in [2.05, 4.69) is 37.4 Å². The molecular formula is C16H21NOS. The van der Waals surface area contributed by atoms with Crippen LogP contribution in [0.4, 0.5) is 0 Å². The summed E-state index contributed by atoms with van der Waals surface area (Å²) in [7, 11) is 0. The Morgan fingerprint density at radius 1 is 1.21 bits per heavy atom. The normalized spacial score (nSPS) is 12.6. The SMILES string of the molecule is Cc1cc(CN[C@@H](CO)Cc2ccccc2)c(C)s1. The summed E-state index contributed by atoms with van der Waals surface area (Å²) in [5, 5.41) is 12.9. The van der Waals surface area contributed by atoms with E-state index >= 15 is 0 Å². The number of aryl methyl sites for hydroxylation is 2. The number of nitrogens with one attached hydrogen (secondary N) is 1. The van der Waals surface area contributed by atoms with Crippen LogP contribution in [-0.4, -0.2) is 17.8 Å². The first-order valence-electron chi connectivity index (χ1n) is 6.63. The fourth-order valence-corrected chi connectivity index (χ4v) is 3.16. The van der Waals surface area contributed by atoms with Gasteiger partial charge < -0.3 is 10.4 Å². The van der Waals surface area contributed by atoms with Crippen LogP contribution in [-0.2, 0) is 13.0 Å². The zero-order chi connectivity index (χ0) is 13.7. The molecule has 102 valence electrons. The Balaban J connectivity index is 1.91. The van der Waals surface area contributed by atoms with E-state index in [0.29, 0.717) is 0 Å². The zero-order valence-corrected chi connectivity index (χ0v) is 12.3. The van der Waals surface area contributed by atoms with E-state index in [1.165, 1.54) is 20.9 Å². The van der Waals surface area contributed by atoms with Crippen LogP contribution in [0.1, 0.15) is 20.9 Å². The average molecular weight is 275 g/mol. The van der Waals surface area contributed by atoms with Gasteiger partial charge in [-0.25, -0.2) is 0 Å². The quantitative estimate of drug-likeness (QED) is 0.849. The highest BCUT2D eigenvalue weighted by Crippen LogP contribution is 2.20. The van der Waals surface area contributed by atoms with E-state index in [9.17, 15) is 5.11 Å². The molecule has 1 aromatic heterocycles. The molecule has 1 heterocycles.